The van der Waals surface area contributed by atoms with Crippen molar-refractivity contribution in [2.45, 2.75) is 45.8 Å². The number of benzene rings is 1. The van der Waals surface area contributed by atoms with E-state index in [1.54, 1.807) is 11.1 Å². The van der Waals surface area contributed by atoms with Crippen LogP contribution in [-0.4, -0.2) is 48.9 Å². The first-order valence-corrected chi connectivity index (χ1v) is 11.4. The van der Waals surface area contributed by atoms with Crippen LogP contribution in [0.4, 0.5) is 0 Å². The van der Waals surface area contributed by atoms with E-state index < -0.39 is 0 Å². The van der Waals surface area contributed by atoms with Gasteiger partial charge in [-0.05, 0) is 31.4 Å². The molecule has 3 rings (SSSR count). The standard InChI is InChI=1S/C25H35N5O2/c1-4-26-24(29-19-25(14-8-9-15-25)23(31)30(2)3)28-17-21-13-10-16-27-22(21)32-18-20-11-6-5-7-12-20/h5-7,10-13,16H,4,8-9,14-15,17-19H2,1-3H3,(H2,26,28,29). The summed E-state index contributed by atoms with van der Waals surface area (Å²) in [4.78, 5) is 23.7. The fourth-order valence-corrected chi connectivity index (χ4v) is 4.15. The number of hydrogen-bond donors (Lipinski definition) is 2. The van der Waals surface area contributed by atoms with Crippen molar-refractivity contribution in [2.24, 2.45) is 10.4 Å². The lowest BCUT2D eigenvalue weighted by Crippen LogP contribution is -2.49. The highest BCUT2D eigenvalue weighted by molar-refractivity contribution is 5.85. The highest BCUT2D eigenvalue weighted by atomic mass is 16.5. The number of nitrogens with one attached hydrogen (secondary N) is 2. The van der Waals surface area contributed by atoms with Crippen molar-refractivity contribution >= 4 is 11.9 Å². The maximum atomic E-state index is 12.9. The van der Waals surface area contributed by atoms with Crippen LogP contribution in [0.2, 0.25) is 0 Å². The van der Waals surface area contributed by atoms with Crippen LogP contribution in [0.15, 0.2) is 53.7 Å². The van der Waals surface area contributed by atoms with E-state index in [0.717, 1.165) is 43.4 Å². The quantitative estimate of drug-likeness (QED) is 0.465. The van der Waals surface area contributed by atoms with Gasteiger partial charge < -0.3 is 20.3 Å². The number of nitrogens with zero attached hydrogens (tertiary/aromatic N) is 3. The van der Waals surface area contributed by atoms with E-state index >= 15 is 0 Å². The topological polar surface area (TPSA) is 78.9 Å². The molecule has 2 aromatic rings. The first-order valence-electron chi connectivity index (χ1n) is 11.4. The third-order valence-electron chi connectivity index (χ3n) is 5.83. The molecule has 1 fully saturated rings. The number of amides is 1. The summed E-state index contributed by atoms with van der Waals surface area (Å²) >= 11 is 0. The highest BCUT2D eigenvalue weighted by Crippen LogP contribution is 2.38. The first kappa shape index (κ1) is 23.6. The van der Waals surface area contributed by atoms with Crippen molar-refractivity contribution in [2.75, 3.05) is 27.2 Å². The molecule has 0 unspecified atom stereocenters. The zero-order chi connectivity index (χ0) is 22.8. The number of ether oxygens (including phenoxy) is 1. The molecule has 0 aliphatic heterocycles. The molecule has 0 atom stereocenters. The number of hydrogen-bond acceptors (Lipinski definition) is 4. The number of aromatic nitrogens is 1. The van der Waals surface area contributed by atoms with Crippen molar-refractivity contribution in [3.8, 4) is 5.88 Å². The zero-order valence-corrected chi connectivity index (χ0v) is 19.4. The number of guanidine groups is 1. The second kappa shape index (κ2) is 11.5. The Labute approximate surface area is 191 Å². The van der Waals surface area contributed by atoms with Gasteiger partial charge in [0, 0.05) is 38.9 Å². The minimum absolute atomic E-state index is 0.196. The van der Waals surface area contributed by atoms with E-state index in [2.05, 4.69) is 15.6 Å². The van der Waals surface area contributed by atoms with Gasteiger partial charge in [-0.1, -0.05) is 49.2 Å². The molecule has 1 aliphatic carbocycles. The first-order chi connectivity index (χ1) is 15.5. The van der Waals surface area contributed by atoms with Gasteiger partial charge in [0.15, 0.2) is 5.96 Å². The number of pyridine rings is 1. The molecule has 1 aromatic carbocycles. The van der Waals surface area contributed by atoms with Crippen molar-refractivity contribution < 1.29 is 9.53 Å². The molecule has 0 spiro atoms. The van der Waals surface area contributed by atoms with Crippen LogP contribution in [0, 0.1) is 5.41 Å². The Kier molecular flexibility index (Phi) is 8.48. The maximum absolute atomic E-state index is 12.9. The summed E-state index contributed by atoms with van der Waals surface area (Å²) in [5.74, 6) is 1.48. The third-order valence-corrected chi connectivity index (χ3v) is 5.83. The second-order valence-corrected chi connectivity index (χ2v) is 8.48. The molecular weight excluding hydrogens is 402 g/mol. The molecule has 172 valence electrons. The molecule has 32 heavy (non-hydrogen) atoms. The van der Waals surface area contributed by atoms with Gasteiger partial charge in [-0.2, -0.15) is 0 Å². The van der Waals surface area contributed by atoms with E-state index in [1.807, 2.05) is 63.5 Å². The SMILES string of the molecule is CCNC(=NCc1cccnc1OCc1ccccc1)NCC1(C(=O)N(C)C)CCCC1. The van der Waals surface area contributed by atoms with Gasteiger partial charge in [0.2, 0.25) is 11.8 Å². The van der Waals surface area contributed by atoms with E-state index in [4.69, 9.17) is 9.73 Å². The van der Waals surface area contributed by atoms with Crippen LogP contribution < -0.4 is 15.4 Å². The molecular formula is C25H35N5O2. The lowest BCUT2D eigenvalue weighted by Gasteiger charge is -2.31. The molecule has 1 amide bonds. The molecule has 1 heterocycles. The lowest BCUT2D eigenvalue weighted by atomic mass is 9.84. The minimum Gasteiger partial charge on any atom is -0.473 e. The highest BCUT2D eigenvalue weighted by Gasteiger charge is 2.42. The van der Waals surface area contributed by atoms with Crippen LogP contribution >= 0.6 is 0 Å². The Morgan fingerprint density at radius 3 is 2.56 bits per heavy atom. The summed E-state index contributed by atoms with van der Waals surface area (Å²) in [6.07, 6.45) is 5.74. The minimum atomic E-state index is -0.349. The Balaban J connectivity index is 1.67. The molecule has 1 aromatic heterocycles. The molecule has 1 saturated carbocycles. The van der Waals surface area contributed by atoms with Gasteiger partial charge in [0.1, 0.15) is 6.61 Å². The van der Waals surface area contributed by atoms with Crippen LogP contribution in [0.1, 0.15) is 43.7 Å². The Hall–Kier alpha value is -3.09. The fraction of sp³-hybridized carbons (Fsp3) is 0.480. The molecule has 0 radical (unpaired) electrons. The van der Waals surface area contributed by atoms with E-state index in [9.17, 15) is 4.79 Å². The normalized spacial score (nSPS) is 15.3. The fourth-order valence-electron chi connectivity index (χ4n) is 4.15. The summed E-state index contributed by atoms with van der Waals surface area (Å²) < 4.78 is 5.96. The molecule has 1 aliphatic rings. The predicted molar refractivity (Wildman–Crippen MR) is 127 cm³/mol. The van der Waals surface area contributed by atoms with Gasteiger partial charge in [-0.15, -0.1) is 0 Å². The summed E-state index contributed by atoms with van der Waals surface area (Å²) in [6, 6.07) is 13.9. The molecule has 0 bridgehead atoms. The van der Waals surface area contributed by atoms with Crippen molar-refractivity contribution in [3.63, 3.8) is 0 Å². The molecule has 7 nitrogen and oxygen atoms in total. The van der Waals surface area contributed by atoms with Gasteiger partial charge >= 0.3 is 0 Å². The number of aliphatic imine (C=N–C) groups is 1. The van der Waals surface area contributed by atoms with Crippen molar-refractivity contribution in [1.82, 2.24) is 20.5 Å². The average molecular weight is 438 g/mol. The number of carbonyl (C=O) groups is 1. The Morgan fingerprint density at radius 1 is 1.12 bits per heavy atom. The number of rotatable bonds is 9. The van der Waals surface area contributed by atoms with Crippen LogP contribution in [0.25, 0.3) is 0 Å². The van der Waals surface area contributed by atoms with Gasteiger partial charge in [-0.3, -0.25) is 4.79 Å². The van der Waals surface area contributed by atoms with E-state index in [1.165, 1.54) is 0 Å². The third kappa shape index (κ3) is 6.22. The Morgan fingerprint density at radius 2 is 1.88 bits per heavy atom. The second-order valence-electron chi connectivity index (χ2n) is 8.48. The maximum Gasteiger partial charge on any atom is 0.230 e. The Bertz CT molecular complexity index is 892. The van der Waals surface area contributed by atoms with Crippen LogP contribution in [-0.2, 0) is 17.9 Å². The summed E-state index contributed by atoms with van der Waals surface area (Å²) in [6.45, 7) is 4.25. The largest absolute Gasteiger partial charge is 0.473 e. The monoisotopic (exact) mass is 437 g/mol. The van der Waals surface area contributed by atoms with Crippen molar-refractivity contribution in [3.05, 3.63) is 59.8 Å². The molecule has 0 saturated heterocycles. The van der Waals surface area contributed by atoms with E-state index in [0.29, 0.717) is 31.5 Å². The predicted octanol–water partition coefficient (Wildman–Crippen LogP) is 3.36. The summed E-state index contributed by atoms with van der Waals surface area (Å²) in [5, 5.41) is 6.71. The van der Waals surface area contributed by atoms with Crippen LogP contribution in [0.5, 0.6) is 5.88 Å². The molecule has 2 N–H and O–H groups in total. The summed E-state index contributed by atoms with van der Waals surface area (Å²) in [5.41, 5.74) is 1.66. The number of carbonyl (C=O) groups excluding carboxylic acids is 1. The van der Waals surface area contributed by atoms with Gasteiger partial charge in [-0.25, -0.2) is 9.98 Å². The smallest absolute Gasteiger partial charge is 0.230 e. The summed E-state index contributed by atoms with van der Waals surface area (Å²) in [7, 11) is 3.67. The van der Waals surface area contributed by atoms with Gasteiger partial charge in [0.05, 0.1) is 12.0 Å². The van der Waals surface area contributed by atoms with Crippen LogP contribution in [0.3, 0.4) is 0 Å². The lowest BCUT2D eigenvalue weighted by molar-refractivity contribution is -0.138. The average Bonchev–Trinajstić information content (AvgIpc) is 3.30. The van der Waals surface area contributed by atoms with Gasteiger partial charge in [0.25, 0.3) is 0 Å². The zero-order valence-electron chi connectivity index (χ0n) is 19.4. The van der Waals surface area contributed by atoms with Crippen molar-refractivity contribution in [1.29, 1.82) is 0 Å². The van der Waals surface area contributed by atoms with E-state index in [-0.39, 0.29) is 11.3 Å². The molecule has 7 heteroatoms.